The minimum Gasteiger partial charge on any atom is -0.487 e. The van der Waals surface area contributed by atoms with Crippen molar-refractivity contribution in [1.29, 1.82) is 0 Å². The van der Waals surface area contributed by atoms with E-state index in [1.54, 1.807) is 11.8 Å². The number of esters is 1. The van der Waals surface area contributed by atoms with Crippen molar-refractivity contribution in [2.24, 2.45) is 0 Å². The topological polar surface area (TPSA) is 90.0 Å². The summed E-state index contributed by atoms with van der Waals surface area (Å²) in [6.45, 7) is 13.0. The summed E-state index contributed by atoms with van der Waals surface area (Å²) in [5.74, 6) is -0.137. The Morgan fingerprint density at radius 3 is 2.34 bits per heavy atom. The van der Waals surface area contributed by atoms with Crippen LogP contribution >= 0.6 is 11.8 Å². The minimum absolute atomic E-state index is 0.130. The molecule has 1 N–H and O–H groups in total. The van der Waals surface area contributed by atoms with Crippen LogP contribution in [-0.2, 0) is 22.6 Å². The van der Waals surface area contributed by atoms with E-state index >= 15 is 0 Å². The Kier molecular flexibility index (Phi) is 9.34. The van der Waals surface area contributed by atoms with Gasteiger partial charge >= 0.3 is 5.97 Å². The van der Waals surface area contributed by atoms with Crippen molar-refractivity contribution in [3.05, 3.63) is 101 Å². The molecule has 44 heavy (non-hydrogen) atoms. The van der Waals surface area contributed by atoms with E-state index in [1.165, 1.54) is 0 Å². The van der Waals surface area contributed by atoms with Crippen LogP contribution in [-0.4, -0.2) is 37.3 Å². The highest BCUT2D eigenvalue weighted by atomic mass is 32.2. The van der Waals surface area contributed by atoms with E-state index < -0.39 is 11.7 Å². The number of aryl methyl sites for hydroxylation is 2. The maximum Gasteiger partial charge on any atom is 0.315 e. The van der Waals surface area contributed by atoms with Gasteiger partial charge < -0.3 is 14.5 Å². The quantitative estimate of drug-likeness (QED) is 0.126. The number of fused-ring (bicyclic) bond motifs is 1. The molecule has 2 aromatic carbocycles. The molecule has 9 heteroatoms. The highest BCUT2D eigenvalue weighted by Gasteiger charge is 2.31. The van der Waals surface area contributed by atoms with Crippen LogP contribution in [0.4, 0.5) is 4.39 Å². The van der Waals surface area contributed by atoms with Crippen molar-refractivity contribution in [1.82, 2.24) is 19.9 Å². The summed E-state index contributed by atoms with van der Waals surface area (Å²) in [5, 5.41) is 1.03. The highest BCUT2D eigenvalue weighted by Crippen LogP contribution is 2.45. The number of hydrogen-bond donors (Lipinski definition) is 1. The normalized spacial score (nSPS) is 12.3. The molecule has 3 heterocycles. The first-order valence-corrected chi connectivity index (χ1v) is 15.5. The number of hydrogen-bond acceptors (Lipinski definition) is 7. The van der Waals surface area contributed by atoms with Gasteiger partial charge in [-0.15, -0.1) is 11.8 Å². The molecule has 5 aromatic rings. The number of halogens is 1. The van der Waals surface area contributed by atoms with Crippen molar-refractivity contribution in [2.45, 2.75) is 70.1 Å². The molecule has 0 aliphatic rings. The van der Waals surface area contributed by atoms with Gasteiger partial charge in [-0.2, -0.15) is 0 Å². The zero-order valence-corrected chi connectivity index (χ0v) is 26.7. The zero-order valence-electron chi connectivity index (χ0n) is 25.9. The number of nitrogens with zero attached hydrogens (tertiary/aromatic N) is 3. The number of H-pyrrole nitrogens is 1. The van der Waals surface area contributed by atoms with Crippen LogP contribution in [0.1, 0.15) is 61.7 Å². The van der Waals surface area contributed by atoms with E-state index in [4.69, 9.17) is 9.47 Å². The fraction of sp³-hybridized carbons (Fsp3) is 0.314. The number of carbonyl (C=O) groups excluding carboxylic acids is 1. The number of thioether (sulfide) groups is 1. The number of carbonyl (C=O) groups is 1. The number of nitrogens with one attached hydrogen (secondary N) is 1. The minimum atomic E-state index is -0.569. The second kappa shape index (κ2) is 13.2. The standard InChI is InChI=1S/C35H37FN4O3S/c1-7-42-34(41)27(16-23-9-11-24(12-10-23)33-38-18-25(36)19-39-33)31-32(44-35(4,5)6)30-22(3)29(15-14-28(30)40-31)43-20-26-13-8-21(2)17-37-26/h8-15,17-19,27,40H,7,16,20H2,1-6H3. The maximum absolute atomic E-state index is 13.6. The summed E-state index contributed by atoms with van der Waals surface area (Å²) in [7, 11) is 0. The molecule has 0 saturated heterocycles. The predicted molar refractivity (Wildman–Crippen MR) is 172 cm³/mol. The summed E-state index contributed by atoms with van der Waals surface area (Å²) < 4.78 is 25.0. The van der Waals surface area contributed by atoms with Gasteiger partial charge in [0.25, 0.3) is 0 Å². The van der Waals surface area contributed by atoms with Crippen molar-refractivity contribution in [3.8, 4) is 17.1 Å². The number of aromatic amines is 1. The maximum atomic E-state index is 13.6. The molecule has 228 valence electrons. The Morgan fingerprint density at radius 2 is 1.70 bits per heavy atom. The van der Waals surface area contributed by atoms with Crippen LogP contribution in [0, 0.1) is 19.7 Å². The largest absolute Gasteiger partial charge is 0.487 e. The first kappa shape index (κ1) is 31.2. The first-order chi connectivity index (χ1) is 21.0. The Morgan fingerprint density at radius 1 is 0.977 bits per heavy atom. The van der Waals surface area contributed by atoms with Gasteiger partial charge in [0, 0.05) is 43.6 Å². The van der Waals surface area contributed by atoms with Crippen molar-refractivity contribution in [3.63, 3.8) is 0 Å². The van der Waals surface area contributed by atoms with E-state index in [9.17, 15) is 9.18 Å². The molecule has 1 atom stereocenters. The molecule has 0 spiro atoms. The SMILES string of the molecule is CCOC(=O)C(Cc1ccc(-c2ncc(F)cn2)cc1)c1[nH]c2ccc(OCc3ccc(C)cn3)c(C)c2c1SC(C)(C)C. The van der Waals surface area contributed by atoms with Crippen LogP contribution in [0.5, 0.6) is 5.75 Å². The summed E-state index contributed by atoms with van der Waals surface area (Å²) in [5.41, 5.74) is 6.42. The molecule has 0 amide bonds. The van der Waals surface area contributed by atoms with Gasteiger partial charge in [0.1, 0.15) is 18.3 Å². The van der Waals surface area contributed by atoms with Crippen molar-refractivity contribution >= 4 is 28.6 Å². The highest BCUT2D eigenvalue weighted by molar-refractivity contribution is 8.00. The summed E-state index contributed by atoms with van der Waals surface area (Å²) in [6, 6.07) is 15.6. The van der Waals surface area contributed by atoms with Gasteiger partial charge in [-0.1, -0.05) is 51.1 Å². The van der Waals surface area contributed by atoms with Crippen LogP contribution in [0.25, 0.3) is 22.3 Å². The van der Waals surface area contributed by atoms with E-state index in [-0.39, 0.29) is 17.3 Å². The van der Waals surface area contributed by atoms with Crippen LogP contribution in [0.2, 0.25) is 0 Å². The molecular weight excluding hydrogens is 575 g/mol. The second-order valence-electron chi connectivity index (χ2n) is 11.7. The van der Waals surface area contributed by atoms with E-state index in [1.807, 2.05) is 68.6 Å². The average molecular weight is 613 g/mol. The molecule has 1 unspecified atom stereocenters. The van der Waals surface area contributed by atoms with Crippen molar-refractivity contribution in [2.75, 3.05) is 6.61 Å². The number of pyridine rings is 1. The third-order valence-corrected chi connectivity index (χ3v) is 8.35. The van der Waals surface area contributed by atoms with Gasteiger partial charge in [0.15, 0.2) is 11.6 Å². The van der Waals surface area contributed by atoms with Gasteiger partial charge in [0.2, 0.25) is 0 Å². The molecule has 0 fully saturated rings. The number of rotatable bonds is 10. The zero-order chi connectivity index (χ0) is 31.4. The molecule has 0 radical (unpaired) electrons. The molecule has 0 aliphatic heterocycles. The Bertz CT molecular complexity index is 1750. The lowest BCUT2D eigenvalue weighted by Gasteiger charge is -2.22. The lowest BCUT2D eigenvalue weighted by molar-refractivity contribution is -0.145. The lowest BCUT2D eigenvalue weighted by Crippen LogP contribution is -2.20. The van der Waals surface area contributed by atoms with Gasteiger partial charge in [-0.3, -0.25) is 9.78 Å². The van der Waals surface area contributed by atoms with Crippen LogP contribution < -0.4 is 4.74 Å². The Balaban J connectivity index is 1.52. The van der Waals surface area contributed by atoms with Gasteiger partial charge in [0.05, 0.1) is 24.7 Å². The monoisotopic (exact) mass is 612 g/mol. The summed E-state index contributed by atoms with van der Waals surface area (Å²) >= 11 is 1.72. The van der Waals surface area contributed by atoms with E-state index in [0.717, 1.165) is 67.6 Å². The predicted octanol–water partition coefficient (Wildman–Crippen LogP) is 8.13. The second-order valence-corrected chi connectivity index (χ2v) is 13.6. The van der Waals surface area contributed by atoms with Crippen LogP contribution in [0.3, 0.4) is 0 Å². The number of aromatic nitrogens is 4. The molecular formula is C35H37FN4O3S. The third-order valence-electron chi connectivity index (χ3n) is 7.10. The molecule has 5 rings (SSSR count). The van der Waals surface area contributed by atoms with Gasteiger partial charge in [-0.25, -0.2) is 14.4 Å². The fourth-order valence-electron chi connectivity index (χ4n) is 5.01. The lowest BCUT2D eigenvalue weighted by atomic mass is 9.95. The van der Waals surface area contributed by atoms with Crippen LogP contribution in [0.15, 0.2) is 72.0 Å². The van der Waals surface area contributed by atoms with Crippen molar-refractivity contribution < 1.29 is 18.7 Å². The molecule has 0 bridgehead atoms. The van der Waals surface area contributed by atoms with E-state index in [2.05, 4.69) is 47.6 Å². The molecule has 0 aliphatic carbocycles. The molecule has 3 aromatic heterocycles. The molecule has 0 saturated carbocycles. The Hall–Kier alpha value is -4.24. The third kappa shape index (κ3) is 7.27. The van der Waals surface area contributed by atoms with Gasteiger partial charge in [-0.05, 0) is 56.5 Å². The number of benzene rings is 2. The Labute approximate surface area is 261 Å². The summed E-state index contributed by atoms with van der Waals surface area (Å²) in [6.07, 6.45) is 4.56. The fourth-order valence-corrected chi connectivity index (χ4v) is 6.29. The average Bonchev–Trinajstić information content (AvgIpc) is 3.34. The first-order valence-electron chi connectivity index (χ1n) is 14.6. The van der Waals surface area contributed by atoms with E-state index in [0.29, 0.717) is 18.9 Å². The smallest absolute Gasteiger partial charge is 0.315 e. The number of ether oxygens (including phenoxy) is 2. The summed E-state index contributed by atoms with van der Waals surface area (Å²) in [4.78, 5) is 30.8. The molecule has 7 nitrogen and oxygen atoms in total.